The third kappa shape index (κ3) is 4.74. The number of anilines is 1. The molecule has 9 nitrogen and oxygen atoms in total. The number of hydrogen-bond acceptors (Lipinski definition) is 8. The molecule has 0 bridgehead atoms. The first-order valence-corrected chi connectivity index (χ1v) is 14.0. The SMILES string of the molecule is C=C(C#N)c1c(C)ncc(-c2cnc3c(c2)c(=O)c(C(=O)OCc2ccccc2)cn3C)c1N1CC[C@H]2CN(C)CC21. The van der Waals surface area contributed by atoms with E-state index in [4.69, 9.17) is 4.74 Å². The smallest absolute Gasteiger partial charge is 0.344 e. The van der Waals surface area contributed by atoms with Crippen molar-refractivity contribution in [3.8, 4) is 17.2 Å². The van der Waals surface area contributed by atoms with E-state index in [1.54, 1.807) is 30.1 Å². The minimum atomic E-state index is -0.689. The van der Waals surface area contributed by atoms with Crippen LogP contribution in [0, 0.1) is 24.2 Å². The van der Waals surface area contributed by atoms with Gasteiger partial charge in [-0.1, -0.05) is 36.9 Å². The zero-order chi connectivity index (χ0) is 29.5. The van der Waals surface area contributed by atoms with Crippen molar-refractivity contribution in [3.05, 3.63) is 94.2 Å². The molecule has 3 aromatic heterocycles. The predicted octanol–water partition coefficient (Wildman–Crippen LogP) is 4.34. The molecule has 42 heavy (non-hydrogen) atoms. The normalized spacial score (nSPS) is 18.2. The second kappa shape index (κ2) is 10.9. The van der Waals surface area contributed by atoms with Gasteiger partial charge in [-0.15, -0.1) is 0 Å². The minimum Gasteiger partial charge on any atom is -0.457 e. The van der Waals surface area contributed by atoms with E-state index < -0.39 is 11.4 Å². The Morgan fingerprint density at radius 3 is 2.71 bits per heavy atom. The molecule has 9 heteroatoms. The number of carbonyl (C=O) groups excluding carboxylic acids is 1. The number of aryl methyl sites for hydroxylation is 2. The summed E-state index contributed by atoms with van der Waals surface area (Å²) in [7, 11) is 3.88. The Morgan fingerprint density at radius 2 is 1.95 bits per heavy atom. The molecule has 2 saturated heterocycles. The largest absolute Gasteiger partial charge is 0.457 e. The first kappa shape index (κ1) is 27.4. The van der Waals surface area contributed by atoms with Gasteiger partial charge < -0.3 is 19.1 Å². The molecule has 4 aromatic rings. The van der Waals surface area contributed by atoms with Gasteiger partial charge >= 0.3 is 5.97 Å². The zero-order valence-electron chi connectivity index (χ0n) is 24.0. The molecule has 1 unspecified atom stereocenters. The molecule has 0 radical (unpaired) electrons. The number of benzene rings is 1. The fraction of sp³-hybridized carbons (Fsp3) is 0.303. The molecule has 0 saturated carbocycles. The number of ether oxygens (including phenoxy) is 1. The summed E-state index contributed by atoms with van der Waals surface area (Å²) >= 11 is 0. The Bertz CT molecular complexity index is 1820. The number of nitrogens with zero attached hydrogens (tertiary/aromatic N) is 6. The monoisotopic (exact) mass is 560 g/mol. The van der Waals surface area contributed by atoms with Gasteiger partial charge in [-0.2, -0.15) is 5.26 Å². The zero-order valence-corrected chi connectivity index (χ0v) is 24.0. The Hall–Kier alpha value is -4.81. The second-order valence-corrected chi connectivity index (χ2v) is 11.2. The average Bonchev–Trinajstić information content (AvgIpc) is 3.56. The van der Waals surface area contributed by atoms with Crippen LogP contribution in [0.25, 0.3) is 27.7 Å². The first-order chi connectivity index (χ1) is 20.3. The molecule has 0 spiro atoms. The summed E-state index contributed by atoms with van der Waals surface area (Å²) in [6.45, 7) is 8.83. The van der Waals surface area contributed by atoms with Crippen molar-refractivity contribution in [3.63, 3.8) is 0 Å². The van der Waals surface area contributed by atoms with E-state index >= 15 is 0 Å². The molecule has 2 aliphatic heterocycles. The van der Waals surface area contributed by atoms with Crippen LogP contribution < -0.4 is 10.3 Å². The van der Waals surface area contributed by atoms with Crippen molar-refractivity contribution in [2.75, 3.05) is 31.6 Å². The van der Waals surface area contributed by atoms with Crippen LogP contribution in [0.1, 0.15) is 33.6 Å². The highest BCUT2D eigenvalue weighted by Crippen LogP contribution is 2.44. The van der Waals surface area contributed by atoms with Gasteiger partial charge in [0.1, 0.15) is 17.8 Å². The molecule has 2 fully saturated rings. The third-order valence-electron chi connectivity index (χ3n) is 8.45. The van der Waals surface area contributed by atoms with Crippen LogP contribution in [0.5, 0.6) is 0 Å². The van der Waals surface area contributed by atoms with E-state index in [2.05, 4.69) is 39.5 Å². The molecule has 0 amide bonds. The number of likely N-dealkylation sites (tertiary alicyclic amines) is 1. The number of aromatic nitrogens is 3. The Morgan fingerprint density at radius 1 is 1.17 bits per heavy atom. The lowest BCUT2D eigenvalue weighted by molar-refractivity contribution is 0.0470. The Kier molecular flexibility index (Phi) is 7.09. The molecule has 0 N–H and O–H groups in total. The lowest BCUT2D eigenvalue weighted by Crippen LogP contribution is -2.35. The van der Waals surface area contributed by atoms with Crippen LogP contribution in [0.3, 0.4) is 0 Å². The Labute approximate surface area is 244 Å². The summed E-state index contributed by atoms with van der Waals surface area (Å²) in [5.41, 5.74) is 4.92. The van der Waals surface area contributed by atoms with E-state index in [1.807, 2.05) is 37.3 Å². The van der Waals surface area contributed by atoms with Crippen molar-refractivity contribution in [1.82, 2.24) is 19.4 Å². The number of rotatable bonds is 6. The van der Waals surface area contributed by atoms with Crippen molar-refractivity contribution < 1.29 is 9.53 Å². The quantitative estimate of drug-likeness (QED) is 0.253. The van der Waals surface area contributed by atoms with Gasteiger partial charge in [-0.25, -0.2) is 9.78 Å². The number of carbonyl (C=O) groups is 1. The van der Waals surface area contributed by atoms with E-state index in [0.717, 1.165) is 54.1 Å². The van der Waals surface area contributed by atoms with Gasteiger partial charge in [-0.3, -0.25) is 9.78 Å². The van der Waals surface area contributed by atoms with Gasteiger partial charge in [0.2, 0.25) is 5.43 Å². The van der Waals surface area contributed by atoms with Gasteiger partial charge in [0.05, 0.1) is 22.7 Å². The van der Waals surface area contributed by atoms with Crippen molar-refractivity contribution in [2.24, 2.45) is 13.0 Å². The topological polar surface area (TPSA) is 104 Å². The number of fused-ring (bicyclic) bond motifs is 2. The summed E-state index contributed by atoms with van der Waals surface area (Å²) in [5.74, 6) is -0.156. The number of allylic oxidation sites excluding steroid dienone is 1. The Balaban J connectivity index is 1.46. The maximum atomic E-state index is 13.7. The molecule has 1 aromatic carbocycles. The molecular weight excluding hydrogens is 528 g/mol. The maximum absolute atomic E-state index is 13.7. The summed E-state index contributed by atoms with van der Waals surface area (Å²) in [4.78, 5) is 40.7. The highest BCUT2D eigenvalue weighted by Gasteiger charge is 2.42. The van der Waals surface area contributed by atoms with E-state index in [9.17, 15) is 14.9 Å². The molecule has 5 heterocycles. The standard InChI is InChI=1S/C33H32N6O3/c1-20(13-34)29-21(2)35-15-26(30(29)39-11-10-23-16-37(3)18-28(23)39)24-12-25-31(40)27(17-38(4)32(25)36-14-24)33(41)42-19-22-8-6-5-7-9-22/h5-9,12,14-15,17,23,28H,1,10-11,16,18-19H2,2-4H3/t23-,28?/m0/s1. The van der Waals surface area contributed by atoms with Crippen molar-refractivity contribution in [2.45, 2.75) is 26.0 Å². The fourth-order valence-electron chi connectivity index (χ4n) is 6.43. The number of hydrogen-bond donors (Lipinski definition) is 0. The minimum absolute atomic E-state index is 0.0583. The van der Waals surface area contributed by atoms with Crippen molar-refractivity contribution in [1.29, 1.82) is 5.26 Å². The highest BCUT2D eigenvalue weighted by molar-refractivity contribution is 5.96. The summed E-state index contributed by atoms with van der Waals surface area (Å²) in [5, 5.41) is 10.2. The second-order valence-electron chi connectivity index (χ2n) is 11.2. The molecule has 212 valence electrons. The van der Waals surface area contributed by atoms with Gasteiger partial charge in [0.25, 0.3) is 0 Å². The van der Waals surface area contributed by atoms with E-state index in [0.29, 0.717) is 34.1 Å². The summed E-state index contributed by atoms with van der Waals surface area (Å²) < 4.78 is 7.15. The van der Waals surface area contributed by atoms with Crippen LogP contribution in [0.15, 0.2) is 66.4 Å². The lowest BCUT2D eigenvalue weighted by Gasteiger charge is -2.31. The van der Waals surface area contributed by atoms with Crippen LogP contribution in [0.2, 0.25) is 0 Å². The first-order valence-electron chi connectivity index (χ1n) is 14.0. The predicted molar refractivity (Wildman–Crippen MR) is 162 cm³/mol. The summed E-state index contributed by atoms with van der Waals surface area (Å²) in [6.07, 6.45) is 6.03. The van der Waals surface area contributed by atoms with Gasteiger partial charge in [0.15, 0.2) is 0 Å². The van der Waals surface area contributed by atoms with Crippen LogP contribution in [-0.2, 0) is 18.4 Å². The fourth-order valence-corrected chi connectivity index (χ4v) is 6.43. The van der Waals surface area contributed by atoms with E-state index in [-0.39, 0.29) is 12.2 Å². The van der Waals surface area contributed by atoms with Gasteiger partial charge in [-0.05, 0) is 37.9 Å². The molecule has 6 rings (SSSR count). The molecule has 2 atom stereocenters. The number of esters is 1. The lowest BCUT2D eigenvalue weighted by atomic mass is 9.95. The average molecular weight is 561 g/mol. The van der Waals surface area contributed by atoms with Gasteiger partial charge in [0, 0.05) is 73.7 Å². The number of pyridine rings is 3. The maximum Gasteiger partial charge on any atom is 0.344 e. The molecule has 0 aliphatic carbocycles. The van der Waals surface area contributed by atoms with Crippen LogP contribution in [-0.4, -0.2) is 58.1 Å². The molecular formula is C33H32N6O3. The van der Waals surface area contributed by atoms with Crippen LogP contribution in [0.4, 0.5) is 5.69 Å². The third-order valence-corrected chi connectivity index (χ3v) is 8.45. The summed E-state index contributed by atoms with van der Waals surface area (Å²) in [6, 6.07) is 13.6. The van der Waals surface area contributed by atoms with E-state index in [1.165, 1.54) is 6.20 Å². The molecule has 2 aliphatic rings. The van der Waals surface area contributed by atoms with Crippen LogP contribution >= 0.6 is 0 Å². The number of nitriles is 1. The van der Waals surface area contributed by atoms with Crippen molar-refractivity contribution >= 4 is 28.3 Å². The highest BCUT2D eigenvalue weighted by atomic mass is 16.5. The number of likely N-dealkylation sites (N-methyl/N-ethyl adjacent to an activating group) is 1.